The van der Waals surface area contributed by atoms with Gasteiger partial charge in [0, 0.05) is 11.6 Å². The molecule has 1 aromatic carbocycles. The van der Waals surface area contributed by atoms with Gasteiger partial charge in [0.25, 0.3) is 0 Å². The SMILES string of the molecule is CCCC(C(=O)Nc1c(C)cccc1C)C1CCCCCC1. The quantitative estimate of drug-likeness (QED) is 0.702. The number of benzene rings is 1. The van der Waals surface area contributed by atoms with E-state index in [1.165, 1.54) is 38.5 Å². The number of aryl methyl sites for hydroxylation is 2. The number of carbonyl (C=O) groups excluding carboxylic acids is 1. The summed E-state index contributed by atoms with van der Waals surface area (Å²) in [6.45, 7) is 6.34. The molecule has 2 nitrogen and oxygen atoms in total. The Morgan fingerprint density at radius 1 is 1.14 bits per heavy atom. The lowest BCUT2D eigenvalue weighted by molar-refractivity contribution is -0.122. The number of para-hydroxylation sites is 1. The van der Waals surface area contributed by atoms with Crippen molar-refractivity contribution in [2.75, 3.05) is 5.32 Å². The second kappa shape index (κ2) is 8.36. The minimum Gasteiger partial charge on any atom is -0.325 e. The third-order valence-corrected chi connectivity index (χ3v) is 5.13. The molecule has 1 saturated carbocycles. The zero-order chi connectivity index (χ0) is 15.9. The fourth-order valence-corrected chi connectivity index (χ4v) is 3.83. The highest BCUT2D eigenvalue weighted by atomic mass is 16.1. The van der Waals surface area contributed by atoms with Crippen molar-refractivity contribution in [1.82, 2.24) is 0 Å². The van der Waals surface area contributed by atoms with E-state index < -0.39 is 0 Å². The monoisotopic (exact) mass is 301 g/mol. The molecule has 0 heterocycles. The Hall–Kier alpha value is -1.31. The van der Waals surface area contributed by atoms with Crippen LogP contribution in [0.4, 0.5) is 5.69 Å². The Morgan fingerprint density at radius 2 is 1.73 bits per heavy atom. The van der Waals surface area contributed by atoms with Crippen molar-refractivity contribution in [2.24, 2.45) is 11.8 Å². The lowest BCUT2D eigenvalue weighted by atomic mass is 9.82. The normalized spacial score (nSPS) is 17.8. The van der Waals surface area contributed by atoms with Crippen molar-refractivity contribution in [1.29, 1.82) is 0 Å². The van der Waals surface area contributed by atoms with Crippen LogP contribution in [0.2, 0.25) is 0 Å². The fraction of sp³-hybridized carbons (Fsp3) is 0.650. The molecule has 22 heavy (non-hydrogen) atoms. The van der Waals surface area contributed by atoms with Gasteiger partial charge in [-0.3, -0.25) is 4.79 Å². The first-order valence-electron chi connectivity index (χ1n) is 9.00. The molecule has 0 bridgehead atoms. The minimum atomic E-state index is 0.183. The first-order valence-corrected chi connectivity index (χ1v) is 9.00. The van der Waals surface area contributed by atoms with E-state index in [9.17, 15) is 4.79 Å². The maximum absolute atomic E-state index is 12.9. The number of rotatable bonds is 5. The molecule has 1 atom stereocenters. The van der Waals surface area contributed by atoms with Crippen LogP contribution in [0, 0.1) is 25.7 Å². The van der Waals surface area contributed by atoms with Gasteiger partial charge in [0.15, 0.2) is 0 Å². The molecule has 0 radical (unpaired) electrons. The summed E-state index contributed by atoms with van der Waals surface area (Å²) >= 11 is 0. The number of amides is 1. The number of hydrogen-bond donors (Lipinski definition) is 1. The topological polar surface area (TPSA) is 29.1 Å². The van der Waals surface area contributed by atoms with Crippen LogP contribution in [0.25, 0.3) is 0 Å². The van der Waals surface area contributed by atoms with Crippen molar-refractivity contribution in [3.05, 3.63) is 29.3 Å². The van der Waals surface area contributed by atoms with Crippen LogP contribution in [0.5, 0.6) is 0 Å². The first-order chi connectivity index (χ1) is 10.6. The standard InChI is InChI=1S/C20H31NO/c1-4-10-18(17-13-7-5-6-8-14-17)20(22)21-19-15(2)11-9-12-16(19)3/h9,11-12,17-18H,4-8,10,13-14H2,1-3H3,(H,21,22). The molecule has 0 aliphatic heterocycles. The molecule has 0 spiro atoms. The second-order valence-corrected chi connectivity index (χ2v) is 6.90. The molecular weight excluding hydrogens is 270 g/mol. The molecule has 2 rings (SSSR count). The molecule has 1 aliphatic rings. The summed E-state index contributed by atoms with van der Waals surface area (Å²) in [6.07, 6.45) is 9.82. The molecule has 1 N–H and O–H groups in total. The van der Waals surface area contributed by atoms with Crippen molar-refractivity contribution < 1.29 is 4.79 Å². The average molecular weight is 301 g/mol. The Morgan fingerprint density at radius 3 is 2.27 bits per heavy atom. The van der Waals surface area contributed by atoms with Crippen LogP contribution in [-0.2, 0) is 4.79 Å². The molecule has 0 saturated heterocycles. The van der Waals surface area contributed by atoms with Crippen LogP contribution in [0.3, 0.4) is 0 Å². The molecule has 1 unspecified atom stereocenters. The van der Waals surface area contributed by atoms with Crippen molar-refractivity contribution in [3.63, 3.8) is 0 Å². The van der Waals surface area contributed by atoms with Gasteiger partial charge in [0.2, 0.25) is 5.91 Å². The highest BCUT2D eigenvalue weighted by Crippen LogP contribution is 2.33. The Labute approximate surface area is 135 Å². The lowest BCUT2D eigenvalue weighted by Gasteiger charge is -2.26. The zero-order valence-electron chi connectivity index (χ0n) is 14.5. The Kier molecular flexibility index (Phi) is 6.48. The van der Waals surface area contributed by atoms with Gasteiger partial charge in [-0.2, -0.15) is 0 Å². The van der Waals surface area contributed by atoms with Crippen molar-refractivity contribution in [2.45, 2.75) is 72.1 Å². The maximum Gasteiger partial charge on any atom is 0.227 e. The maximum atomic E-state index is 12.9. The second-order valence-electron chi connectivity index (χ2n) is 6.90. The molecule has 0 aromatic heterocycles. The van der Waals surface area contributed by atoms with Gasteiger partial charge in [-0.15, -0.1) is 0 Å². The van der Waals surface area contributed by atoms with Crippen LogP contribution in [0.15, 0.2) is 18.2 Å². The van der Waals surface area contributed by atoms with Gasteiger partial charge in [-0.1, -0.05) is 57.2 Å². The summed E-state index contributed by atoms with van der Waals surface area (Å²) < 4.78 is 0. The summed E-state index contributed by atoms with van der Waals surface area (Å²) in [6, 6.07) is 6.20. The zero-order valence-corrected chi connectivity index (χ0v) is 14.5. The number of nitrogens with one attached hydrogen (secondary N) is 1. The van der Waals surface area contributed by atoms with Crippen molar-refractivity contribution >= 4 is 11.6 Å². The summed E-state index contributed by atoms with van der Waals surface area (Å²) in [4.78, 5) is 12.9. The van der Waals surface area contributed by atoms with Gasteiger partial charge in [0.05, 0.1) is 0 Å². The first kappa shape index (κ1) is 17.1. The van der Waals surface area contributed by atoms with Gasteiger partial charge in [0.1, 0.15) is 0 Å². The third kappa shape index (κ3) is 4.34. The molecule has 1 aromatic rings. The molecular formula is C20H31NO. The van der Waals surface area contributed by atoms with E-state index in [4.69, 9.17) is 0 Å². The van der Waals surface area contributed by atoms with E-state index in [-0.39, 0.29) is 11.8 Å². The molecule has 1 aliphatic carbocycles. The molecule has 2 heteroatoms. The lowest BCUT2D eigenvalue weighted by Crippen LogP contribution is -2.30. The third-order valence-electron chi connectivity index (χ3n) is 5.13. The summed E-state index contributed by atoms with van der Waals surface area (Å²) in [5, 5.41) is 3.24. The Bertz CT molecular complexity index is 466. The van der Waals surface area contributed by atoms with Crippen LogP contribution in [-0.4, -0.2) is 5.91 Å². The predicted molar refractivity (Wildman–Crippen MR) is 94.1 cm³/mol. The van der Waals surface area contributed by atoms with Gasteiger partial charge in [-0.05, 0) is 50.2 Å². The molecule has 1 fully saturated rings. The van der Waals surface area contributed by atoms with Gasteiger partial charge >= 0.3 is 0 Å². The molecule has 122 valence electrons. The van der Waals surface area contributed by atoms with Gasteiger partial charge in [-0.25, -0.2) is 0 Å². The van der Waals surface area contributed by atoms with E-state index in [2.05, 4.69) is 44.3 Å². The summed E-state index contributed by atoms with van der Waals surface area (Å²) in [7, 11) is 0. The minimum absolute atomic E-state index is 0.183. The van der Waals surface area contributed by atoms with E-state index in [1.807, 2.05) is 0 Å². The van der Waals surface area contributed by atoms with Crippen LogP contribution >= 0.6 is 0 Å². The predicted octanol–water partition coefficient (Wildman–Crippen LogP) is 5.63. The smallest absolute Gasteiger partial charge is 0.227 e. The largest absolute Gasteiger partial charge is 0.325 e. The van der Waals surface area contributed by atoms with Gasteiger partial charge < -0.3 is 5.32 Å². The fourth-order valence-electron chi connectivity index (χ4n) is 3.83. The van der Waals surface area contributed by atoms with E-state index in [0.29, 0.717) is 5.92 Å². The van der Waals surface area contributed by atoms with Crippen LogP contribution < -0.4 is 5.32 Å². The highest BCUT2D eigenvalue weighted by molar-refractivity contribution is 5.94. The van der Waals surface area contributed by atoms with E-state index in [0.717, 1.165) is 29.7 Å². The summed E-state index contributed by atoms with van der Waals surface area (Å²) in [5.41, 5.74) is 3.33. The van der Waals surface area contributed by atoms with E-state index >= 15 is 0 Å². The number of anilines is 1. The van der Waals surface area contributed by atoms with Crippen LogP contribution in [0.1, 0.15) is 69.4 Å². The number of carbonyl (C=O) groups is 1. The van der Waals surface area contributed by atoms with Crippen molar-refractivity contribution in [3.8, 4) is 0 Å². The number of hydrogen-bond acceptors (Lipinski definition) is 1. The highest BCUT2D eigenvalue weighted by Gasteiger charge is 2.28. The summed E-state index contributed by atoms with van der Waals surface area (Å²) in [5.74, 6) is 1.00. The molecule has 1 amide bonds. The van der Waals surface area contributed by atoms with E-state index in [1.54, 1.807) is 0 Å². The average Bonchev–Trinajstić information content (AvgIpc) is 2.77. The Balaban J connectivity index is 2.12.